The van der Waals surface area contributed by atoms with E-state index in [1.54, 1.807) is 0 Å². The summed E-state index contributed by atoms with van der Waals surface area (Å²) in [5.41, 5.74) is 6.26. The molecule has 0 spiro atoms. The molecular weight excluding hydrogens is 362 g/mol. The Labute approximate surface area is 170 Å². The summed E-state index contributed by atoms with van der Waals surface area (Å²) in [6, 6.07) is 14.7. The van der Waals surface area contributed by atoms with E-state index in [0.29, 0.717) is 5.92 Å². The van der Waals surface area contributed by atoms with E-state index in [1.807, 2.05) is 36.7 Å². The first-order chi connectivity index (χ1) is 14.2. The largest absolute Gasteiger partial charge is 0.356 e. The van der Waals surface area contributed by atoms with Crippen molar-refractivity contribution in [3.05, 3.63) is 71.3 Å². The molecule has 0 radical (unpaired) electrons. The Morgan fingerprint density at radius 3 is 2.76 bits per heavy atom. The lowest BCUT2D eigenvalue weighted by Crippen LogP contribution is -2.34. The highest BCUT2D eigenvalue weighted by atomic mass is 16.5. The van der Waals surface area contributed by atoms with E-state index in [2.05, 4.69) is 45.4 Å². The molecular formula is C23H25N5O. The Bertz CT molecular complexity index is 1130. The summed E-state index contributed by atoms with van der Waals surface area (Å²) < 4.78 is 7.63. The molecule has 1 aliphatic heterocycles. The van der Waals surface area contributed by atoms with E-state index >= 15 is 0 Å². The lowest BCUT2D eigenvalue weighted by atomic mass is 9.91. The molecule has 6 heteroatoms. The molecule has 1 unspecified atom stereocenters. The third-order valence-corrected chi connectivity index (χ3v) is 5.68. The lowest BCUT2D eigenvalue weighted by molar-refractivity contribution is 0.197. The van der Waals surface area contributed by atoms with E-state index in [4.69, 9.17) is 9.62 Å². The van der Waals surface area contributed by atoms with Crippen LogP contribution in [0.5, 0.6) is 0 Å². The number of fused-ring (bicyclic) bond motifs is 1. The van der Waals surface area contributed by atoms with Gasteiger partial charge < -0.3 is 4.52 Å². The first kappa shape index (κ1) is 18.1. The van der Waals surface area contributed by atoms with Gasteiger partial charge in [0.25, 0.3) is 0 Å². The number of hydrogen-bond donors (Lipinski definition) is 0. The van der Waals surface area contributed by atoms with Gasteiger partial charge in [-0.15, -0.1) is 0 Å². The summed E-state index contributed by atoms with van der Waals surface area (Å²) in [5, 5.41) is 8.86. The van der Waals surface area contributed by atoms with Gasteiger partial charge in [0.05, 0.1) is 22.6 Å². The minimum Gasteiger partial charge on any atom is -0.356 e. The molecule has 4 aromatic rings. The van der Waals surface area contributed by atoms with Crippen LogP contribution in [-0.4, -0.2) is 37.7 Å². The molecule has 0 bridgehead atoms. The number of aryl methyl sites for hydroxylation is 2. The third-order valence-electron chi connectivity index (χ3n) is 5.68. The van der Waals surface area contributed by atoms with Gasteiger partial charge in [-0.25, -0.2) is 9.50 Å². The van der Waals surface area contributed by atoms with Crippen molar-refractivity contribution in [1.82, 2.24) is 24.7 Å². The molecule has 148 valence electrons. The molecule has 29 heavy (non-hydrogen) atoms. The Morgan fingerprint density at radius 1 is 1.10 bits per heavy atom. The SMILES string of the molecule is Cc1cc(-c2cnc3cc(C)nn3c2C2CCCN(Cc3ccccc3)C2)on1. The molecule has 3 aromatic heterocycles. The first-order valence-corrected chi connectivity index (χ1v) is 10.2. The number of nitrogens with zero attached hydrogens (tertiary/aromatic N) is 5. The van der Waals surface area contributed by atoms with Crippen LogP contribution < -0.4 is 0 Å². The fraction of sp³-hybridized carbons (Fsp3) is 0.348. The minimum atomic E-state index is 0.359. The molecule has 1 atom stereocenters. The van der Waals surface area contributed by atoms with Crippen molar-refractivity contribution in [1.29, 1.82) is 0 Å². The van der Waals surface area contributed by atoms with Gasteiger partial charge in [0, 0.05) is 37.3 Å². The van der Waals surface area contributed by atoms with Crippen LogP contribution >= 0.6 is 0 Å². The van der Waals surface area contributed by atoms with Crippen LogP contribution in [0.15, 0.2) is 53.2 Å². The van der Waals surface area contributed by atoms with E-state index in [1.165, 1.54) is 11.3 Å². The van der Waals surface area contributed by atoms with Crippen LogP contribution in [0.3, 0.4) is 0 Å². The van der Waals surface area contributed by atoms with Gasteiger partial charge in [-0.1, -0.05) is 35.5 Å². The normalized spacial score (nSPS) is 17.8. The summed E-state index contributed by atoms with van der Waals surface area (Å²) >= 11 is 0. The predicted molar refractivity (Wildman–Crippen MR) is 112 cm³/mol. The van der Waals surface area contributed by atoms with E-state index < -0.39 is 0 Å². The van der Waals surface area contributed by atoms with Crippen LogP contribution in [0.2, 0.25) is 0 Å². The van der Waals surface area contributed by atoms with Crippen molar-refractivity contribution in [2.75, 3.05) is 13.1 Å². The monoisotopic (exact) mass is 387 g/mol. The second-order valence-corrected chi connectivity index (χ2v) is 8.01. The van der Waals surface area contributed by atoms with Crippen molar-refractivity contribution >= 4 is 5.65 Å². The third kappa shape index (κ3) is 3.56. The topological polar surface area (TPSA) is 59.5 Å². The number of hydrogen-bond acceptors (Lipinski definition) is 5. The summed E-state index contributed by atoms with van der Waals surface area (Å²) in [4.78, 5) is 7.17. The van der Waals surface area contributed by atoms with Crippen LogP contribution in [0.4, 0.5) is 0 Å². The van der Waals surface area contributed by atoms with Crippen LogP contribution in [0, 0.1) is 13.8 Å². The number of piperidine rings is 1. The Hall–Kier alpha value is -2.99. The molecule has 6 nitrogen and oxygen atoms in total. The number of rotatable bonds is 4. The second-order valence-electron chi connectivity index (χ2n) is 8.01. The Kier molecular flexibility index (Phi) is 4.64. The van der Waals surface area contributed by atoms with Crippen LogP contribution in [-0.2, 0) is 6.54 Å². The number of aromatic nitrogens is 4. The van der Waals surface area contributed by atoms with Gasteiger partial charge in [-0.3, -0.25) is 4.90 Å². The fourth-order valence-corrected chi connectivity index (χ4v) is 4.40. The highest BCUT2D eigenvalue weighted by Gasteiger charge is 2.28. The van der Waals surface area contributed by atoms with Gasteiger partial charge in [0.1, 0.15) is 0 Å². The molecule has 1 aliphatic rings. The minimum absolute atomic E-state index is 0.359. The quantitative estimate of drug-likeness (QED) is 0.520. The molecule has 0 saturated carbocycles. The molecule has 0 aliphatic carbocycles. The maximum atomic E-state index is 5.62. The van der Waals surface area contributed by atoms with Crippen molar-refractivity contribution < 1.29 is 4.52 Å². The highest BCUT2D eigenvalue weighted by Crippen LogP contribution is 2.35. The fourth-order valence-electron chi connectivity index (χ4n) is 4.40. The maximum absolute atomic E-state index is 5.62. The van der Waals surface area contributed by atoms with Gasteiger partial charge in [0.15, 0.2) is 11.4 Å². The highest BCUT2D eigenvalue weighted by molar-refractivity contribution is 5.63. The molecule has 4 heterocycles. The second kappa shape index (κ2) is 7.44. The van der Waals surface area contributed by atoms with Crippen LogP contribution in [0.25, 0.3) is 17.0 Å². The lowest BCUT2D eigenvalue weighted by Gasteiger charge is -2.33. The summed E-state index contributed by atoms with van der Waals surface area (Å²) in [6.07, 6.45) is 4.21. The first-order valence-electron chi connectivity index (χ1n) is 10.2. The number of likely N-dealkylation sites (tertiary alicyclic amines) is 1. The zero-order valence-corrected chi connectivity index (χ0v) is 16.9. The zero-order valence-electron chi connectivity index (χ0n) is 16.9. The van der Waals surface area contributed by atoms with Crippen molar-refractivity contribution in [3.8, 4) is 11.3 Å². The molecule has 5 rings (SSSR count). The average Bonchev–Trinajstić information content (AvgIpc) is 3.32. The van der Waals surface area contributed by atoms with Gasteiger partial charge in [-0.05, 0) is 38.8 Å². The van der Waals surface area contributed by atoms with Crippen molar-refractivity contribution in [2.45, 2.75) is 39.2 Å². The predicted octanol–water partition coefficient (Wildman–Crippen LogP) is 4.38. The van der Waals surface area contributed by atoms with Crippen LogP contribution in [0.1, 0.15) is 41.4 Å². The van der Waals surface area contributed by atoms with Crippen molar-refractivity contribution in [2.24, 2.45) is 0 Å². The maximum Gasteiger partial charge on any atom is 0.170 e. The summed E-state index contributed by atoms with van der Waals surface area (Å²) in [6.45, 7) is 7.04. The Morgan fingerprint density at radius 2 is 1.97 bits per heavy atom. The van der Waals surface area contributed by atoms with Crippen molar-refractivity contribution in [3.63, 3.8) is 0 Å². The molecule has 0 amide bonds. The molecule has 1 aromatic carbocycles. The van der Waals surface area contributed by atoms with E-state index in [-0.39, 0.29) is 0 Å². The zero-order chi connectivity index (χ0) is 19.8. The molecule has 1 fully saturated rings. The number of benzene rings is 1. The van der Waals surface area contributed by atoms with Gasteiger partial charge >= 0.3 is 0 Å². The summed E-state index contributed by atoms with van der Waals surface area (Å²) in [5.74, 6) is 1.12. The Balaban J connectivity index is 1.54. The molecule has 0 N–H and O–H groups in total. The smallest absolute Gasteiger partial charge is 0.170 e. The van der Waals surface area contributed by atoms with E-state index in [0.717, 1.165) is 60.8 Å². The summed E-state index contributed by atoms with van der Waals surface area (Å²) in [7, 11) is 0. The average molecular weight is 387 g/mol. The van der Waals surface area contributed by atoms with E-state index in [9.17, 15) is 0 Å². The standard InChI is InChI=1S/C23H25N5O/c1-16-12-22-24-13-20(21-11-17(2)26-29-21)23(28(22)25-16)19-9-6-10-27(15-19)14-18-7-4-3-5-8-18/h3-5,7-8,11-13,19H,6,9-10,14-15H2,1-2H3. The van der Waals surface area contributed by atoms with Gasteiger partial charge in [-0.2, -0.15) is 5.10 Å². The molecule has 1 saturated heterocycles. The van der Waals surface area contributed by atoms with Gasteiger partial charge in [0.2, 0.25) is 0 Å².